The van der Waals surface area contributed by atoms with Crippen molar-refractivity contribution < 1.29 is 9.18 Å². The predicted molar refractivity (Wildman–Crippen MR) is 110 cm³/mol. The largest absolute Gasteiger partial charge is 0.353 e. The Morgan fingerprint density at radius 2 is 1.86 bits per heavy atom. The number of carbonyl (C=O) groups excluding carboxylic acids is 1. The van der Waals surface area contributed by atoms with Gasteiger partial charge in [0.1, 0.15) is 5.82 Å². The number of nitrogens with one attached hydrogen (secondary N) is 1. The monoisotopic (exact) mass is 398 g/mol. The molecule has 1 amide bonds. The number of thioether (sulfide) groups is 1. The van der Waals surface area contributed by atoms with Crippen LogP contribution >= 0.6 is 11.8 Å². The lowest BCUT2D eigenvalue weighted by atomic mass is 10.2. The summed E-state index contributed by atoms with van der Waals surface area (Å²) in [4.78, 5) is 12.2. The fourth-order valence-electron chi connectivity index (χ4n) is 2.91. The Bertz CT molecular complexity index is 912. The van der Waals surface area contributed by atoms with Crippen molar-refractivity contribution in [3.05, 3.63) is 60.4 Å². The maximum absolute atomic E-state index is 13.3. The van der Waals surface area contributed by atoms with Crippen molar-refractivity contribution in [2.45, 2.75) is 37.9 Å². The zero-order chi connectivity index (χ0) is 19.9. The van der Waals surface area contributed by atoms with E-state index < -0.39 is 0 Å². The van der Waals surface area contributed by atoms with Gasteiger partial charge in [-0.25, -0.2) is 4.39 Å². The van der Waals surface area contributed by atoms with Crippen LogP contribution in [-0.2, 0) is 4.79 Å². The van der Waals surface area contributed by atoms with Crippen LogP contribution in [0.4, 0.5) is 4.39 Å². The summed E-state index contributed by atoms with van der Waals surface area (Å²) in [6, 6.07) is 16.0. The molecule has 3 aromatic rings. The smallest absolute Gasteiger partial charge is 0.230 e. The molecule has 0 aliphatic carbocycles. The van der Waals surface area contributed by atoms with Crippen molar-refractivity contribution in [1.29, 1.82) is 0 Å². The molecule has 1 heterocycles. The fraction of sp³-hybridized carbons (Fsp3) is 0.286. The van der Waals surface area contributed by atoms with Crippen LogP contribution in [0.15, 0.2) is 59.8 Å². The molecule has 7 heteroatoms. The van der Waals surface area contributed by atoms with Crippen molar-refractivity contribution in [2.24, 2.45) is 0 Å². The Morgan fingerprint density at radius 1 is 1.14 bits per heavy atom. The minimum absolute atomic E-state index is 0.0307. The van der Waals surface area contributed by atoms with Crippen molar-refractivity contribution in [3.63, 3.8) is 0 Å². The van der Waals surface area contributed by atoms with E-state index in [9.17, 15) is 9.18 Å². The number of rotatable bonds is 8. The highest BCUT2D eigenvalue weighted by Crippen LogP contribution is 2.28. The van der Waals surface area contributed by atoms with E-state index in [1.807, 2.05) is 41.8 Å². The van der Waals surface area contributed by atoms with Gasteiger partial charge in [-0.1, -0.05) is 43.3 Å². The minimum atomic E-state index is -0.304. The van der Waals surface area contributed by atoms with Crippen LogP contribution in [0.2, 0.25) is 0 Å². The molecule has 0 aliphatic heterocycles. The van der Waals surface area contributed by atoms with Gasteiger partial charge in [-0.3, -0.25) is 9.36 Å². The van der Waals surface area contributed by atoms with Crippen LogP contribution < -0.4 is 5.32 Å². The molecule has 1 aromatic heterocycles. The second kappa shape index (κ2) is 9.50. The van der Waals surface area contributed by atoms with Crippen LogP contribution in [0.5, 0.6) is 0 Å². The first-order valence-electron chi connectivity index (χ1n) is 9.27. The summed E-state index contributed by atoms with van der Waals surface area (Å²) in [6.07, 6.45) is 1.98. The number of amides is 1. The van der Waals surface area contributed by atoms with Gasteiger partial charge in [-0.05, 0) is 49.7 Å². The predicted octanol–water partition coefficient (Wildman–Crippen LogP) is 4.47. The lowest BCUT2D eigenvalue weighted by Crippen LogP contribution is -2.33. The molecule has 1 atom stereocenters. The third kappa shape index (κ3) is 4.98. The molecule has 0 aliphatic rings. The Kier molecular flexibility index (Phi) is 6.81. The van der Waals surface area contributed by atoms with Crippen molar-refractivity contribution in [2.75, 3.05) is 5.75 Å². The highest BCUT2D eigenvalue weighted by Gasteiger charge is 2.17. The van der Waals surface area contributed by atoms with Crippen molar-refractivity contribution >= 4 is 17.7 Å². The van der Waals surface area contributed by atoms with Gasteiger partial charge in [-0.2, -0.15) is 0 Å². The number of para-hydroxylation sites is 1. The third-order valence-corrected chi connectivity index (χ3v) is 5.14. The van der Waals surface area contributed by atoms with E-state index in [0.717, 1.165) is 24.1 Å². The Balaban J connectivity index is 1.85. The van der Waals surface area contributed by atoms with Gasteiger partial charge in [0.15, 0.2) is 11.0 Å². The zero-order valence-corrected chi connectivity index (χ0v) is 16.7. The topological polar surface area (TPSA) is 59.8 Å². The first kappa shape index (κ1) is 20.1. The molecule has 0 radical (unpaired) electrons. The van der Waals surface area contributed by atoms with E-state index in [2.05, 4.69) is 22.4 Å². The van der Waals surface area contributed by atoms with E-state index in [0.29, 0.717) is 11.0 Å². The summed E-state index contributed by atoms with van der Waals surface area (Å²) < 4.78 is 15.2. The van der Waals surface area contributed by atoms with Crippen molar-refractivity contribution in [1.82, 2.24) is 20.1 Å². The molecule has 0 fully saturated rings. The molecule has 146 valence electrons. The molecule has 0 saturated carbocycles. The Hall–Kier alpha value is -2.67. The molecule has 0 bridgehead atoms. The molecule has 1 unspecified atom stereocenters. The van der Waals surface area contributed by atoms with Crippen molar-refractivity contribution in [3.8, 4) is 17.1 Å². The quantitative estimate of drug-likeness (QED) is 0.569. The van der Waals surface area contributed by atoms with E-state index >= 15 is 0 Å². The third-order valence-electron chi connectivity index (χ3n) is 4.21. The summed E-state index contributed by atoms with van der Waals surface area (Å²) in [5.41, 5.74) is 1.64. The fourth-order valence-corrected chi connectivity index (χ4v) is 3.67. The summed E-state index contributed by atoms with van der Waals surface area (Å²) in [5, 5.41) is 12.2. The average molecular weight is 399 g/mol. The lowest BCUT2D eigenvalue weighted by Gasteiger charge is -2.13. The van der Waals surface area contributed by atoms with E-state index in [4.69, 9.17) is 0 Å². The normalized spacial score (nSPS) is 12.0. The summed E-state index contributed by atoms with van der Waals surface area (Å²) in [7, 11) is 0. The molecule has 1 N–H and O–H groups in total. The minimum Gasteiger partial charge on any atom is -0.353 e. The van der Waals surface area contributed by atoms with E-state index in [1.165, 1.54) is 23.9 Å². The standard InChI is InChI=1S/C21H23FN4OS/c1-3-7-15(2)23-19(27)14-28-21-25-24-20(16-10-12-17(22)13-11-16)26(21)18-8-5-4-6-9-18/h4-6,8-13,15H,3,7,14H2,1-2H3,(H,23,27). The number of halogens is 1. The van der Waals surface area contributed by atoms with Crippen LogP contribution in [0, 0.1) is 5.82 Å². The number of hydrogen-bond acceptors (Lipinski definition) is 4. The second-order valence-electron chi connectivity index (χ2n) is 6.53. The summed E-state index contributed by atoms with van der Waals surface area (Å²) in [6.45, 7) is 4.10. The van der Waals surface area contributed by atoms with Gasteiger partial charge in [0.05, 0.1) is 5.75 Å². The van der Waals surface area contributed by atoms with Crippen LogP contribution in [0.3, 0.4) is 0 Å². The van der Waals surface area contributed by atoms with Crippen LogP contribution in [-0.4, -0.2) is 32.5 Å². The molecule has 3 rings (SSSR count). The van der Waals surface area contributed by atoms with Gasteiger partial charge in [-0.15, -0.1) is 10.2 Å². The highest BCUT2D eigenvalue weighted by atomic mass is 32.2. The molecular weight excluding hydrogens is 375 g/mol. The first-order chi connectivity index (χ1) is 13.6. The molecule has 0 saturated heterocycles. The number of nitrogens with zero attached hydrogens (tertiary/aromatic N) is 3. The zero-order valence-electron chi connectivity index (χ0n) is 15.9. The van der Waals surface area contributed by atoms with Crippen LogP contribution in [0.1, 0.15) is 26.7 Å². The van der Waals surface area contributed by atoms with Crippen LogP contribution in [0.25, 0.3) is 17.1 Å². The Morgan fingerprint density at radius 3 is 2.54 bits per heavy atom. The van der Waals surface area contributed by atoms with E-state index in [1.54, 1.807) is 12.1 Å². The summed E-state index contributed by atoms with van der Waals surface area (Å²) in [5.74, 6) is 0.523. The van der Waals surface area contributed by atoms with E-state index in [-0.39, 0.29) is 23.5 Å². The highest BCUT2D eigenvalue weighted by molar-refractivity contribution is 7.99. The average Bonchev–Trinajstić information content (AvgIpc) is 3.12. The molecule has 28 heavy (non-hydrogen) atoms. The summed E-state index contributed by atoms with van der Waals surface area (Å²) >= 11 is 1.33. The SMILES string of the molecule is CCCC(C)NC(=O)CSc1nnc(-c2ccc(F)cc2)n1-c1ccccc1. The van der Waals surface area contributed by atoms with Gasteiger partial charge in [0.2, 0.25) is 5.91 Å². The van der Waals surface area contributed by atoms with Gasteiger partial charge >= 0.3 is 0 Å². The second-order valence-corrected chi connectivity index (χ2v) is 7.47. The number of benzene rings is 2. The number of hydrogen-bond donors (Lipinski definition) is 1. The maximum atomic E-state index is 13.3. The number of carbonyl (C=O) groups is 1. The molecule has 2 aromatic carbocycles. The lowest BCUT2D eigenvalue weighted by molar-refractivity contribution is -0.119. The molecule has 5 nitrogen and oxygen atoms in total. The van der Waals surface area contributed by atoms with Gasteiger partial charge in [0, 0.05) is 17.3 Å². The number of aromatic nitrogens is 3. The van der Waals surface area contributed by atoms with Gasteiger partial charge in [0.25, 0.3) is 0 Å². The Labute approximate surface area is 168 Å². The first-order valence-corrected chi connectivity index (χ1v) is 10.3. The maximum Gasteiger partial charge on any atom is 0.230 e. The molecule has 0 spiro atoms. The van der Waals surface area contributed by atoms with Gasteiger partial charge < -0.3 is 5.32 Å². The molecular formula is C21H23FN4OS.